The highest BCUT2D eigenvalue weighted by atomic mass is 16.6. The van der Waals surface area contributed by atoms with Crippen LogP contribution in [0.4, 0.5) is 4.79 Å². The molecular formula is C16H30N2O3. The number of nitrogens with zero attached hydrogens (tertiary/aromatic N) is 1. The second-order valence-corrected chi connectivity index (χ2v) is 7.29. The largest absolute Gasteiger partial charge is 0.444 e. The van der Waals surface area contributed by atoms with Crippen molar-refractivity contribution in [2.75, 3.05) is 26.2 Å². The number of hydrogen-bond donors (Lipinski definition) is 1. The molecule has 0 bridgehead atoms. The number of hydrogen-bond acceptors (Lipinski definition) is 4. The van der Waals surface area contributed by atoms with Crippen LogP contribution < -0.4 is 5.32 Å². The van der Waals surface area contributed by atoms with E-state index in [0.717, 1.165) is 45.5 Å². The molecule has 2 heterocycles. The van der Waals surface area contributed by atoms with Gasteiger partial charge in [0, 0.05) is 25.7 Å². The van der Waals surface area contributed by atoms with Crippen LogP contribution in [0.25, 0.3) is 0 Å². The number of ether oxygens (including phenoxy) is 2. The smallest absolute Gasteiger partial charge is 0.410 e. The SMILES string of the molecule is CC1OCCC1NCCC1CCN(C(=O)OC(C)(C)C)C1. The fourth-order valence-electron chi connectivity index (χ4n) is 3.03. The topological polar surface area (TPSA) is 50.8 Å². The van der Waals surface area contributed by atoms with E-state index in [9.17, 15) is 4.79 Å². The summed E-state index contributed by atoms with van der Waals surface area (Å²) in [5.74, 6) is 0.586. The van der Waals surface area contributed by atoms with E-state index in [0.29, 0.717) is 18.1 Å². The van der Waals surface area contributed by atoms with Crippen molar-refractivity contribution in [1.82, 2.24) is 10.2 Å². The fraction of sp³-hybridized carbons (Fsp3) is 0.938. The molecule has 1 amide bonds. The third kappa shape index (κ3) is 5.15. The van der Waals surface area contributed by atoms with E-state index in [-0.39, 0.29) is 6.09 Å². The minimum absolute atomic E-state index is 0.171. The Bertz CT molecular complexity index is 354. The Balaban J connectivity index is 1.64. The minimum Gasteiger partial charge on any atom is -0.444 e. The molecule has 2 fully saturated rings. The monoisotopic (exact) mass is 298 g/mol. The average molecular weight is 298 g/mol. The number of likely N-dealkylation sites (tertiary alicyclic amines) is 1. The van der Waals surface area contributed by atoms with E-state index in [1.807, 2.05) is 25.7 Å². The van der Waals surface area contributed by atoms with E-state index in [2.05, 4.69) is 12.2 Å². The normalized spacial score (nSPS) is 29.9. The second-order valence-electron chi connectivity index (χ2n) is 7.29. The van der Waals surface area contributed by atoms with Gasteiger partial charge >= 0.3 is 6.09 Å². The number of carbonyl (C=O) groups excluding carboxylic acids is 1. The van der Waals surface area contributed by atoms with Gasteiger partial charge in [0.25, 0.3) is 0 Å². The van der Waals surface area contributed by atoms with Gasteiger partial charge in [0.15, 0.2) is 0 Å². The van der Waals surface area contributed by atoms with Gasteiger partial charge in [0.2, 0.25) is 0 Å². The molecule has 1 N–H and O–H groups in total. The maximum Gasteiger partial charge on any atom is 0.410 e. The Morgan fingerprint density at radius 1 is 1.38 bits per heavy atom. The van der Waals surface area contributed by atoms with Crippen molar-refractivity contribution in [3.05, 3.63) is 0 Å². The summed E-state index contributed by atoms with van der Waals surface area (Å²) in [5, 5.41) is 3.58. The summed E-state index contributed by atoms with van der Waals surface area (Å²) in [6.07, 6.45) is 3.46. The Kier molecular flexibility index (Phi) is 5.49. The zero-order valence-corrected chi connectivity index (χ0v) is 13.9. The molecule has 2 aliphatic heterocycles. The molecule has 0 spiro atoms. The fourth-order valence-corrected chi connectivity index (χ4v) is 3.03. The lowest BCUT2D eigenvalue weighted by Gasteiger charge is -2.24. The first-order valence-corrected chi connectivity index (χ1v) is 8.18. The van der Waals surface area contributed by atoms with Gasteiger partial charge < -0.3 is 19.7 Å². The predicted octanol–water partition coefficient (Wildman–Crippen LogP) is 2.40. The lowest BCUT2D eigenvalue weighted by molar-refractivity contribution is 0.0287. The lowest BCUT2D eigenvalue weighted by Crippen LogP contribution is -2.37. The number of amides is 1. The molecule has 0 aromatic heterocycles. The maximum atomic E-state index is 12.0. The van der Waals surface area contributed by atoms with Crippen molar-refractivity contribution in [2.45, 2.75) is 64.7 Å². The number of carbonyl (C=O) groups is 1. The first-order valence-electron chi connectivity index (χ1n) is 8.18. The van der Waals surface area contributed by atoms with Crippen LogP contribution in [0.5, 0.6) is 0 Å². The van der Waals surface area contributed by atoms with E-state index < -0.39 is 5.60 Å². The summed E-state index contributed by atoms with van der Waals surface area (Å²) >= 11 is 0. The van der Waals surface area contributed by atoms with Crippen LogP contribution in [0, 0.1) is 5.92 Å². The molecule has 5 heteroatoms. The van der Waals surface area contributed by atoms with E-state index >= 15 is 0 Å². The van der Waals surface area contributed by atoms with Gasteiger partial charge in [-0.15, -0.1) is 0 Å². The highest BCUT2D eigenvalue weighted by Crippen LogP contribution is 2.22. The van der Waals surface area contributed by atoms with Gasteiger partial charge in [-0.2, -0.15) is 0 Å². The zero-order chi connectivity index (χ0) is 15.5. The van der Waals surface area contributed by atoms with Crippen LogP contribution in [-0.2, 0) is 9.47 Å². The molecule has 0 radical (unpaired) electrons. The molecule has 3 unspecified atom stereocenters. The van der Waals surface area contributed by atoms with Crippen LogP contribution in [-0.4, -0.2) is 55.0 Å². The third-order valence-electron chi connectivity index (χ3n) is 4.27. The van der Waals surface area contributed by atoms with E-state index in [1.54, 1.807) is 0 Å². The average Bonchev–Trinajstić information content (AvgIpc) is 2.97. The van der Waals surface area contributed by atoms with Gasteiger partial charge in [0.05, 0.1) is 6.10 Å². The summed E-state index contributed by atoms with van der Waals surface area (Å²) in [4.78, 5) is 13.8. The zero-order valence-electron chi connectivity index (χ0n) is 13.9. The summed E-state index contributed by atoms with van der Waals surface area (Å²) < 4.78 is 11.0. The molecule has 0 saturated carbocycles. The summed E-state index contributed by atoms with van der Waals surface area (Å²) in [6, 6.07) is 0.494. The molecule has 122 valence electrons. The van der Waals surface area contributed by atoms with E-state index in [4.69, 9.17) is 9.47 Å². The van der Waals surface area contributed by atoms with Crippen molar-refractivity contribution < 1.29 is 14.3 Å². The van der Waals surface area contributed by atoms with Crippen molar-refractivity contribution >= 4 is 6.09 Å². The van der Waals surface area contributed by atoms with Gasteiger partial charge in [-0.05, 0) is 59.4 Å². The minimum atomic E-state index is -0.407. The third-order valence-corrected chi connectivity index (χ3v) is 4.27. The molecular weight excluding hydrogens is 268 g/mol. The second kappa shape index (κ2) is 6.97. The van der Waals surface area contributed by atoms with Crippen molar-refractivity contribution in [3.63, 3.8) is 0 Å². The number of nitrogens with one attached hydrogen (secondary N) is 1. The van der Waals surface area contributed by atoms with Crippen LogP contribution in [0.15, 0.2) is 0 Å². The van der Waals surface area contributed by atoms with Gasteiger partial charge in [0.1, 0.15) is 5.60 Å². The molecule has 2 saturated heterocycles. The highest BCUT2D eigenvalue weighted by molar-refractivity contribution is 5.68. The molecule has 0 aromatic carbocycles. The van der Waals surface area contributed by atoms with Crippen LogP contribution in [0.2, 0.25) is 0 Å². The summed E-state index contributed by atoms with van der Waals surface area (Å²) in [6.45, 7) is 11.4. The Morgan fingerprint density at radius 2 is 2.14 bits per heavy atom. The predicted molar refractivity (Wildman–Crippen MR) is 82.4 cm³/mol. The lowest BCUT2D eigenvalue weighted by atomic mass is 10.0. The maximum absolute atomic E-state index is 12.0. The Labute approximate surface area is 128 Å². The van der Waals surface area contributed by atoms with Crippen molar-refractivity contribution in [1.29, 1.82) is 0 Å². The van der Waals surface area contributed by atoms with Crippen LogP contribution >= 0.6 is 0 Å². The van der Waals surface area contributed by atoms with Gasteiger partial charge in [-0.25, -0.2) is 4.79 Å². The molecule has 2 rings (SSSR count). The van der Waals surface area contributed by atoms with Crippen molar-refractivity contribution in [2.24, 2.45) is 5.92 Å². The summed E-state index contributed by atoms with van der Waals surface area (Å²) in [7, 11) is 0. The first-order chi connectivity index (χ1) is 9.85. The quantitative estimate of drug-likeness (QED) is 0.866. The van der Waals surface area contributed by atoms with Crippen LogP contribution in [0.3, 0.4) is 0 Å². The molecule has 0 aromatic rings. The summed E-state index contributed by atoms with van der Waals surface area (Å²) in [5.41, 5.74) is -0.407. The number of rotatable bonds is 4. The molecule has 0 aliphatic carbocycles. The molecule has 3 atom stereocenters. The van der Waals surface area contributed by atoms with Crippen LogP contribution in [0.1, 0.15) is 47.0 Å². The van der Waals surface area contributed by atoms with Gasteiger partial charge in [-0.3, -0.25) is 0 Å². The Morgan fingerprint density at radius 3 is 2.76 bits per heavy atom. The molecule has 2 aliphatic rings. The molecule has 5 nitrogen and oxygen atoms in total. The molecule has 21 heavy (non-hydrogen) atoms. The first kappa shape index (κ1) is 16.6. The Hall–Kier alpha value is -0.810. The van der Waals surface area contributed by atoms with E-state index in [1.165, 1.54) is 0 Å². The van der Waals surface area contributed by atoms with Crippen molar-refractivity contribution in [3.8, 4) is 0 Å². The highest BCUT2D eigenvalue weighted by Gasteiger charge is 2.30. The van der Waals surface area contributed by atoms with Gasteiger partial charge in [-0.1, -0.05) is 0 Å². The standard InChI is InChI=1S/C16H30N2O3/c1-12-14(7-10-20-12)17-8-5-13-6-9-18(11-13)15(19)21-16(2,3)4/h12-14,17H,5-11H2,1-4H3.